The van der Waals surface area contributed by atoms with E-state index in [9.17, 15) is 4.79 Å². The van der Waals surface area contributed by atoms with Gasteiger partial charge in [-0.25, -0.2) is 0 Å². The highest BCUT2D eigenvalue weighted by atomic mass is 16.3. The lowest BCUT2D eigenvalue weighted by Crippen LogP contribution is -2.26. The third-order valence-electron chi connectivity index (χ3n) is 4.36. The van der Waals surface area contributed by atoms with Crippen LogP contribution >= 0.6 is 0 Å². The predicted molar refractivity (Wildman–Crippen MR) is 95.0 cm³/mol. The molecule has 1 atom stereocenters. The van der Waals surface area contributed by atoms with Crippen LogP contribution in [0.4, 0.5) is 0 Å². The first-order valence-electron chi connectivity index (χ1n) is 7.97. The fraction of sp³-hybridized carbons (Fsp3) is 0.150. The van der Waals surface area contributed by atoms with Crippen LogP contribution < -0.4 is 5.32 Å². The molecule has 4 rings (SSSR count). The van der Waals surface area contributed by atoms with E-state index in [1.807, 2.05) is 79.3 Å². The van der Waals surface area contributed by atoms with Crippen LogP contribution in [0.2, 0.25) is 0 Å². The predicted octanol–water partition coefficient (Wildman–Crippen LogP) is 4.42. The molecule has 0 radical (unpaired) electrons. The van der Waals surface area contributed by atoms with Crippen LogP contribution in [0.25, 0.3) is 21.9 Å². The van der Waals surface area contributed by atoms with E-state index in [1.165, 1.54) is 0 Å². The number of fused-ring (bicyclic) bond motifs is 2. The van der Waals surface area contributed by atoms with E-state index in [0.717, 1.165) is 27.6 Å². The fourth-order valence-electron chi connectivity index (χ4n) is 3.08. The normalized spacial score (nSPS) is 12.6. The lowest BCUT2D eigenvalue weighted by Gasteiger charge is -2.10. The molecule has 2 heterocycles. The molecule has 4 aromatic rings. The SMILES string of the molecule is CC(NC(=O)c1cn(C)c2ccccc12)c1cc2ccccc2o1. The summed E-state index contributed by atoms with van der Waals surface area (Å²) in [5.74, 6) is 0.657. The van der Waals surface area contributed by atoms with Gasteiger partial charge in [-0.05, 0) is 25.1 Å². The molecule has 0 aliphatic carbocycles. The molecule has 1 unspecified atom stereocenters. The first-order chi connectivity index (χ1) is 11.6. The maximum absolute atomic E-state index is 12.7. The third kappa shape index (κ3) is 2.36. The molecule has 0 saturated heterocycles. The molecule has 2 aromatic heterocycles. The number of carbonyl (C=O) groups excluding carboxylic acids is 1. The van der Waals surface area contributed by atoms with Crippen molar-refractivity contribution < 1.29 is 9.21 Å². The summed E-state index contributed by atoms with van der Waals surface area (Å²) in [6.07, 6.45) is 1.87. The Kier molecular flexibility index (Phi) is 3.38. The van der Waals surface area contributed by atoms with Crippen molar-refractivity contribution in [2.24, 2.45) is 7.05 Å². The highest BCUT2D eigenvalue weighted by Gasteiger charge is 2.18. The van der Waals surface area contributed by atoms with Crippen molar-refractivity contribution in [2.75, 3.05) is 0 Å². The molecule has 1 amide bonds. The molecule has 1 N–H and O–H groups in total. The number of para-hydroxylation sites is 2. The molecule has 4 nitrogen and oxygen atoms in total. The summed E-state index contributed by atoms with van der Waals surface area (Å²) >= 11 is 0. The van der Waals surface area contributed by atoms with Gasteiger partial charge < -0.3 is 14.3 Å². The Morgan fingerprint density at radius 2 is 1.88 bits per heavy atom. The molecule has 120 valence electrons. The summed E-state index contributed by atoms with van der Waals surface area (Å²) in [5, 5.41) is 5.03. The second-order valence-corrected chi connectivity index (χ2v) is 6.05. The lowest BCUT2D eigenvalue weighted by atomic mass is 10.1. The Morgan fingerprint density at radius 1 is 1.12 bits per heavy atom. The standard InChI is InChI=1S/C20H18N2O2/c1-13(19-11-14-7-3-6-10-18(14)24-19)21-20(23)16-12-22(2)17-9-5-4-8-15(16)17/h3-13H,1-2H3,(H,21,23). The average molecular weight is 318 g/mol. The highest BCUT2D eigenvalue weighted by molar-refractivity contribution is 6.07. The number of hydrogen-bond donors (Lipinski definition) is 1. The smallest absolute Gasteiger partial charge is 0.254 e. The summed E-state index contributed by atoms with van der Waals surface area (Å²) in [6, 6.07) is 17.5. The second kappa shape index (κ2) is 5.57. The topological polar surface area (TPSA) is 47.2 Å². The number of aryl methyl sites for hydroxylation is 1. The van der Waals surface area contributed by atoms with Gasteiger partial charge >= 0.3 is 0 Å². The molecule has 24 heavy (non-hydrogen) atoms. The number of benzene rings is 2. The summed E-state index contributed by atoms with van der Waals surface area (Å²) in [5.41, 5.74) is 2.55. The van der Waals surface area contributed by atoms with Crippen LogP contribution in [0.15, 0.2) is 65.2 Å². The van der Waals surface area contributed by atoms with Crippen LogP contribution in [-0.2, 0) is 7.05 Å². The van der Waals surface area contributed by atoms with Crippen molar-refractivity contribution in [1.29, 1.82) is 0 Å². The van der Waals surface area contributed by atoms with E-state index in [4.69, 9.17) is 4.42 Å². The number of carbonyl (C=O) groups is 1. The molecule has 4 heteroatoms. The minimum atomic E-state index is -0.205. The third-order valence-corrected chi connectivity index (χ3v) is 4.36. The number of amides is 1. The maximum Gasteiger partial charge on any atom is 0.254 e. The van der Waals surface area contributed by atoms with Gasteiger partial charge in [0.05, 0.1) is 11.6 Å². The average Bonchev–Trinajstić information content (AvgIpc) is 3.17. The fourth-order valence-corrected chi connectivity index (χ4v) is 3.08. The van der Waals surface area contributed by atoms with Crippen LogP contribution in [0.5, 0.6) is 0 Å². The summed E-state index contributed by atoms with van der Waals surface area (Å²) in [4.78, 5) is 12.7. The summed E-state index contributed by atoms with van der Waals surface area (Å²) < 4.78 is 7.81. The van der Waals surface area contributed by atoms with Gasteiger partial charge in [-0.1, -0.05) is 36.4 Å². The molecule has 0 aliphatic rings. The zero-order chi connectivity index (χ0) is 16.7. The molecule has 0 aliphatic heterocycles. The molecular formula is C20H18N2O2. The lowest BCUT2D eigenvalue weighted by molar-refractivity contribution is 0.0937. The summed E-state index contributed by atoms with van der Waals surface area (Å²) in [7, 11) is 1.95. The number of aromatic nitrogens is 1. The van der Waals surface area contributed by atoms with Gasteiger partial charge in [0.15, 0.2) is 0 Å². The van der Waals surface area contributed by atoms with Crippen LogP contribution in [-0.4, -0.2) is 10.5 Å². The zero-order valence-electron chi connectivity index (χ0n) is 13.6. The van der Waals surface area contributed by atoms with Crippen molar-refractivity contribution in [3.8, 4) is 0 Å². The maximum atomic E-state index is 12.7. The quantitative estimate of drug-likeness (QED) is 0.608. The number of hydrogen-bond acceptors (Lipinski definition) is 2. The molecule has 0 bridgehead atoms. The minimum Gasteiger partial charge on any atom is -0.459 e. The van der Waals surface area contributed by atoms with Gasteiger partial charge in [0.1, 0.15) is 11.3 Å². The van der Waals surface area contributed by atoms with Crippen LogP contribution in [0.3, 0.4) is 0 Å². The minimum absolute atomic E-state index is 0.0974. The van der Waals surface area contributed by atoms with Gasteiger partial charge in [0.25, 0.3) is 5.91 Å². The van der Waals surface area contributed by atoms with Crippen molar-refractivity contribution in [2.45, 2.75) is 13.0 Å². The number of rotatable bonds is 3. The van der Waals surface area contributed by atoms with E-state index in [1.54, 1.807) is 0 Å². The van der Waals surface area contributed by atoms with E-state index >= 15 is 0 Å². The Balaban J connectivity index is 1.63. The Labute approximate surface area is 139 Å². The van der Waals surface area contributed by atoms with E-state index in [0.29, 0.717) is 5.56 Å². The molecule has 0 saturated carbocycles. The molecule has 0 spiro atoms. The molecule has 0 fully saturated rings. The first-order valence-corrected chi connectivity index (χ1v) is 7.97. The summed E-state index contributed by atoms with van der Waals surface area (Å²) in [6.45, 7) is 1.93. The van der Waals surface area contributed by atoms with E-state index in [2.05, 4.69) is 5.32 Å². The second-order valence-electron chi connectivity index (χ2n) is 6.05. The Morgan fingerprint density at radius 3 is 2.71 bits per heavy atom. The Bertz CT molecular complexity index is 1010. The first kappa shape index (κ1) is 14.6. The number of nitrogens with zero attached hydrogens (tertiary/aromatic N) is 1. The van der Waals surface area contributed by atoms with Crippen molar-refractivity contribution in [1.82, 2.24) is 9.88 Å². The number of furan rings is 1. The largest absolute Gasteiger partial charge is 0.459 e. The molecular weight excluding hydrogens is 300 g/mol. The zero-order valence-corrected chi connectivity index (χ0v) is 13.6. The van der Waals surface area contributed by atoms with Gasteiger partial charge in [-0.15, -0.1) is 0 Å². The van der Waals surface area contributed by atoms with Gasteiger partial charge in [-0.2, -0.15) is 0 Å². The Hall–Kier alpha value is -3.01. The van der Waals surface area contributed by atoms with Gasteiger partial charge in [0.2, 0.25) is 0 Å². The van der Waals surface area contributed by atoms with Crippen molar-refractivity contribution >= 4 is 27.8 Å². The van der Waals surface area contributed by atoms with E-state index < -0.39 is 0 Å². The monoisotopic (exact) mass is 318 g/mol. The van der Waals surface area contributed by atoms with E-state index in [-0.39, 0.29) is 11.9 Å². The number of nitrogens with one attached hydrogen (secondary N) is 1. The van der Waals surface area contributed by atoms with Gasteiger partial charge in [0, 0.05) is 29.5 Å². The van der Waals surface area contributed by atoms with Crippen LogP contribution in [0.1, 0.15) is 29.1 Å². The van der Waals surface area contributed by atoms with Crippen LogP contribution in [0, 0.1) is 0 Å². The van der Waals surface area contributed by atoms with Crippen molar-refractivity contribution in [3.63, 3.8) is 0 Å². The van der Waals surface area contributed by atoms with Crippen molar-refractivity contribution in [3.05, 3.63) is 72.1 Å². The van der Waals surface area contributed by atoms with Gasteiger partial charge in [-0.3, -0.25) is 4.79 Å². The molecule has 2 aromatic carbocycles. The highest BCUT2D eigenvalue weighted by Crippen LogP contribution is 2.25.